The summed E-state index contributed by atoms with van der Waals surface area (Å²) in [5.41, 5.74) is 2.09. The fourth-order valence-corrected chi connectivity index (χ4v) is 9.21. The van der Waals surface area contributed by atoms with Crippen LogP contribution in [0.3, 0.4) is 0 Å². The molecule has 0 aromatic heterocycles. The second-order valence-electron chi connectivity index (χ2n) is 11.4. The van der Waals surface area contributed by atoms with E-state index in [0.717, 1.165) is 19.7 Å². The Morgan fingerprint density at radius 3 is 1.50 bits per heavy atom. The molecular formula is C34H32N2O8S2. The number of hydrogen-bond acceptors (Lipinski definition) is 8. The zero-order valence-electron chi connectivity index (χ0n) is 25.1. The van der Waals surface area contributed by atoms with E-state index < -0.39 is 56.3 Å². The van der Waals surface area contributed by atoms with Crippen molar-refractivity contribution in [1.29, 1.82) is 0 Å². The molecule has 0 saturated carbocycles. The first kappa shape index (κ1) is 31.6. The number of nitrogens with zero attached hydrogens (tertiary/aromatic N) is 2. The van der Waals surface area contributed by atoms with Crippen molar-refractivity contribution in [3.05, 3.63) is 131 Å². The summed E-state index contributed by atoms with van der Waals surface area (Å²) in [7, 11) is -8.58. The minimum Gasteiger partial charge on any atom is -0.455 e. The quantitative estimate of drug-likeness (QED) is 0.258. The first-order valence-electron chi connectivity index (χ1n) is 14.7. The molecule has 2 bridgehead atoms. The molecule has 10 nitrogen and oxygen atoms in total. The van der Waals surface area contributed by atoms with Gasteiger partial charge < -0.3 is 9.47 Å². The van der Waals surface area contributed by atoms with Crippen molar-refractivity contribution in [2.75, 3.05) is 13.1 Å². The lowest BCUT2D eigenvalue weighted by Gasteiger charge is -2.41. The van der Waals surface area contributed by atoms with Gasteiger partial charge in [0.15, 0.2) is 0 Å². The molecule has 4 aromatic rings. The third-order valence-electron chi connectivity index (χ3n) is 8.30. The van der Waals surface area contributed by atoms with Gasteiger partial charge in [-0.3, -0.25) is 0 Å². The van der Waals surface area contributed by atoms with E-state index >= 15 is 0 Å². The molecule has 2 fully saturated rings. The van der Waals surface area contributed by atoms with Gasteiger partial charge in [0.05, 0.1) is 33.5 Å². The molecule has 0 spiro atoms. The van der Waals surface area contributed by atoms with Gasteiger partial charge in [0.25, 0.3) is 0 Å². The maximum absolute atomic E-state index is 14.2. The Bertz CT molecular complexity index is 1880. The largest absolute Gasteiger partial charge is 0.455 e. The average molecular weight is 661 g/mol. The van der Waals surface area contributed by atoms with E-state index in [0.29, 0.717) is 0 Å². The standard InChI is InChI=1S/C34H32N2O8S2/c1-23-13-17-27(18-14-23)45(39,40)35-22-30(43-33(37)25-9-5-3-6-10-25)31-32(44-34(38)26-11-7-4-8-12-26)29(35)21-36(31)46(41,42)28-19-15-24(2)16-20-28/h3-20,29-32H,21-22H2,1-2H3/t29-,30+,31-,32+/m0/s1. The van der Waals surface area contributed by atoms with Gasteiger partial charge in [-0.1, -0.05) is 71.8 Å². The Labute approximate surface area is 268 Å². The zero-order valence-corrected chi connectivity index (χ0v) is 26.7. The Hall–Kier alpha value is -4.36. The summed E-state index contributed by atoms with van der Waals surface area (Å²) >= 11 is 0. The Morgan fingerprint density at radius 1 is 0.587 bits per heavy atom. The van der Waals surface area contributed by atoms with Crippen LogP contribution in [0.25, 0.3) is 0 Å². The van der Waals surface area contributed by atoms with Crippen LogP contribution in [0.15, 0.2) is 119 Å². The lowest BCUT2D eigenvalue weighted by Crippen LogP contribution is -2.62. The summed E-state index contributed by atoms with van der Waals surface area (Å²) in [5, 5.41) is 0. The number of esters is 2. The number of ether oxygens (including phenoxy) is 2. The number of rotatable bonds is 8. The Kier molecular flexibility index (Phi) is 8.55. The molecule has 4 atom stereocenters. The van der Waals surface area contributed by atoms with Crippen molar-refractivity contribution in [3.8, 4) is 0 Å². The van der Waals surface area contributed by atoms with Crippen molar-refractivity contribution in [2.45, 2.75) is 47.9 Å². The molecule has 4 aromatic carbocycles. The highest BCUT2D eigenvalue weighted by Crippen LogP contribution is 2.41. The maximum Gasteiger partial charge on any atom is 0.338 e. The third-order valence-corrected chi connectivity index (χ3v) is 12.1. The molecule has 0 aliphatic carbocycles. The fraction of sp³-hybridized carbons (Fsp3) is 0.235. The Balaban J connectivity index is 1.48. The number of piperidine rings is 1. The molecule has 2 aliphatic rings. The van der Waals surface area contributed by atoms with Gasteiger partial charge in [-0.2, -0.15) is 8.61 Å². The van der Waals surface area contributed by atoms with Crippen molar-refractivity contribution in [1.82, 2.24) is 8.61 Å². The van der Waals surface area contributed by atoms with Gasteiger partial charge >= 0.3 is 11.9 Å². The minimum absolute atomic E-state index is 0.0279. The van der Waals surface area contributed by atoms with E-state index in [9.17, 15) is 26.4 Å². The van der Waals surface area contributed by atoms with Gasteiger partial charge in [-0.05, 0) is 62.4 Å². The third kappa shape index (κ3) is 5.96. The number of carbonyl (C=O) groups excluding carboxylic acids is 2. The van der Waals surface area contributed by atoms with E-state index in [1.807, 2.05) is 13.8 Å². The van der Waals surface area contributed by atoms with Crippen LogP contribution in [0, 0.1) is 13.8 Å². The maximum atomic E-state index is 14.2. The van der Waals surface area contributed by atoms with Crippen molar-refractivity contribution < 1.29 is 35.9 Å². The van der Waals surface area contributed by atoms with Crippen LogP contribution in [-0.2, 0) is 29.5 Å². The second-order valence-corrected chi connectivity index (χ2v) is 15.2. The summed E-state index contributed by atoms with van der Waals surface area (Å²) in [6.45, 7) is 2.96. The van der Waals surface area contributed by atoms with Crippen molar-refractivity contribution in [2.24, 2.45) is 0 Å². The molecular weight excluding hydrogens is 629 g/mol. The topological polar surface area (TPSA) is 127 Å². The van der Waals surface area contributed by atoms with Crippen LogP contribution in [0.4, 0.5) is 0 Å². The molecule has 0 unspecified atom stereocenters. The van der Waals surface area contributed by atoms with E-state index in [4.69, 9.17) is 9.47 Å². The highest BCUT2D eigenvalue weighted by atomic mass is 32.2. The SMILES string of the molecule is Cc1ccc(S(=O)(=O)N2C[C@H]3[C@@H](OC(=O)c4ccccc4)[C@@H]2[C@H](OC(=O)c2ccccc2)CN3S(=O)(=O)c2ccc(C)cc2)cc1. The number of sulfonamides is 2. The summed E-state index contributed by atoms with van der Waals surface area (Å²) in [4.78, 5) is 26.8. The van der Waals surface area contributed by atoms with Crippen LogP contribution in [0.1, 0.15) is 31.8 Å². The lowest BCUT2D eigenvalue weighted by atomic mass is 9.98. The minimum atomic E-state index is -4.29. The van der Waals surface area contributed by atoms with Crippen LogP contribution in [0.2, 0.25) is 0 Å². The first-order chi connectivity index (χ1) is 22.0. The highest BCUT2D eigenvalue weighted by Gasteiger charge is 2.61. The number of fused-ring (bicyclic) bond motifs is 2. The molecule has 0 amide bonds. The van der Waals surface area contributed by atoms with Gasteiger partial charge in [0, 0.05) is 6.54 Å². The smallest absolute Gasteiger partial charge is 0.338 e. The number of hydrogen-bond donors (Lipinski definition) is 0. The molecule has 238 valence electrons. The van der Waals surface area contributed by atoms with Crippen molar-refractivity contribution >= 4 is 32.0 Å². The van der Waals surface area contributed by atoms with Gasteiger partial charge in [-0.25, -0.2) is 26.4 Å². The number of benzene rings is 4. The second kappa shape index (κ2) is 12.4. The predicted octanol–water partition coefficient (Wildman–Crippen LogP) is 4.20. The van der Waals surface area contributed by atoms with Gasteiger partial charge in [-0.15, -0.1) is 0 Å². The van der Waals surface area contributed by atoms with Crippen LogP contribution >= 0.6 is 0 Å². The summed E-state index contributed by atoms with van der Waals surface area (Å²) in [6.07, 6.45) is -2.64. The summed E-state index contributed by atoms with van der Waals surface area (Å²) in [6, 6.07) is 26.3. The Morgan fingerprint density at radius 2 is 1.02 bits per heavy atom. The molecule has 2 saturated heterocycles. The van der Waals surface area contributed by atoms with Crippen LogP contribution in [-0.4, -0.2) is 74.8 Å². The van der Waals surface area contributed by atoms with Crippen LogP contribution in [0.5, 0.6) is 0 Å². The fourth-order valence-electron chi connectivity index (χ4n) is 5.90. The summed E-state index contributed by atoms with van der Waals surface area (Å²) in [5.74, 6) is -1.54. The molecule has 0 radical (unpaired) electrons. The molecule has 2 heterocycles. The monoisotopic (exact) mass is 660 g/mol. The molecule has 12 heteroatoms. The molecule has 0 N–H and O–H groups in total. The average Bonchev–Trinajstić information content (AvgIpc) is 3.33. The van der Waals surface area contributed by atoms with E-state index in [-0.39, 0.29) is 34.0 Å². The number of carbonyl (C=O) groups is 2. The molecule has 2 aliphatic heterocycles. The first-order valence-corrected chi connectivity index (χ1v) is 17.5. The van der Waals surface area contributed by atoms with Crippen molar-refractivity contribution in [3.63, 3.8) is 0 Å². The highest BCUT2D eigenvalue weighted by molar-refractivity contribution is 7.89. The van der Waals surface area contributed by atoms with Gasteiger partial charge in [0.1, 0.15) is 18.2 Å². The van der Waals surface area contributed by atoms with E-state index in [1.54, 1.807) is 72.8 Å². The summed E-state index contributed by atoms with van der Waals surface area (Å²) < 4.78 is 71.1. The van der Waals surface area contributed by atoms with E-state index in [2.05, 4.69) is 0 Å². The predicted molar refractivity (Wildman–Crippen MR) is 169 cm³/mol. The number of aryl methyl sites for hydroxylation is 2. The van der Waals surface area contributed by atoms with Crippen LogP contribution < -0.4 is 0 Å². The molecule has 6 rings (SSSR count). The van der Waals surface area contributed by atoms with E-state index in [1.165, 1.54) is 36.4 Å². The molecule has 46 heavy (non-hydrogen) atoms. The lowest BCUT2D eigenvalue weighted by molar-refractivity contribution is -0.0509. The zero-order chi connectivity index (χ0) is 32.6. The van der Waals surface area contributed by atoms with Gasteiger partial charge in [0.2, 0.25) is 20.0 Å². The normalized spacial score (nSPS) is 21.9.